The monoisotopic (exact) mass is 348 g/mol. The van der Waals surface area contributed by atoms with Crippen LogP contribution in [0.3, 0.4) is 0 Å². The van der Waals surface area contributed by atoms with Crippen molar-refractivity contribution in [1.29, 1.82) is 0 Å². The first-order valence-electron chi connectivity index (χ1n) is 8.82. The van der Waals surface area contributed by atoms with E-state index in [4.69, 9.17) is 4.74 Å². The molecule has 134 valence electrons. The molecule has 0 radical (unpaired) electrons. The van der Waals surface area contributed by atoms with Gasteiger partial charge in [-0.05, 0) is 29.2 Å². The molecule has 1 heterocycles. The topological polar surface area (TPSA) is 45.3 Å². The van der Waals surface area contributed by atoms with Gasteiger partial charge in [-0.15, -0.1) is 0 Å². The van der Waals surface area contributed by atoms with Crippen LogP contribution >= 0.6 is 0 Å². The van der Waals surface area contributed by atoms with Gasteiger partial charge < -0.3 is 9.72 Å². The molecule has 1 aromatic heterocycles. The first-order chi connectivity index (χ1) is 12.7. The number of benzene rings is 2. The van der Waals surface area contributed by atoms with Gasteiger partial charge in [-0.1, -0.05) is 54.6 Å². The van der Waals surface area contributed by atoms with Gasteiger partial charge in [-0.25, -0.2) is 0 Å². The van der Waals surface area contributed by atoms with E-state index in [0.29, 0.717) is 6.61 Å². The summed E-state index contributed by atoms with van der Waals surface area (Å²) in [7, 11) is 0. The van der Waals surface area contributed by atoms with Crippen molar-refractivity contribution in [3.05, 3.63) is 84.1 Å². The summed E-state index contributed by atoms with van der Waals surface area (Å²) in [4.78, 5) is 16.7. The molecule has 0 aliphatic heterocycles. The summed E-state index contributed by atoms with van der Waals surface area (Å²) in [6, 6.07) is 21.0. The lowest BCUT2D eigenvalue weighted by atomic mass is 10.2. The number of ether oxygens (including phenoxy) is 1. The van der Waals surface area contributed by atoms with E-state index in [-0.39, 0.29) is 5.97 Å². The summed E-state index contributed by atoms with van der Waals surface area (Å²) >= 11 is 0. The van der Waals surface area contributed by atoms with E-state index < -0.39 is 0 Å². The van der Waals surface area contributed by atoms with Gasteiger partial charge in [-0.2, -0.15) is 0 Å². The van der Waals surface area contributed by atoms with E-state index in [1.807, 2.05) is 18.2 Å². The zero-order valence-electron chi connectivity index (χ0n) is 15.0. The molecule has 4 nitrogen and oxygen atoms in total. The van der Waals surface area contributed by atoms with Crippen LogP contribution in [0.25, 0.3) is 10.9 Å². The highest BCUT2D eigenvalue weighted by molar-refractivity contribution is 5.80. The maximum absolute atomic E-state index is 10.8. The molecule has 0 saturated carbocycles. The second-order valence-electron chi connectivity index (χ2n) is 6.31. The number of carbonyl (C=O) groups excluding carboxylic acids is 1. The van der Waals surface area contributed by atoms with Crippen LogP contribution in [0.4, 0.5) is 0 Å². The summed E-state index contributed by atoms with van der Waals surface area (Å²) in [6.07, 6.45) is 3.94. The zero-order valence-corrected chi connectivity index (χ0v) is 15.0. The maximum Gasteiger partial charge on any atom is 0.302 e. The van der Waals surface area contributed by atoms with Crippen LogP contribution in [0.15, 0.2) is 72.8 Å². The highest BCUT2D eigenvalue weighted by atomic mass is 16.5. The van der Waals surface area contributed by atoms with Gasteiger partial charge in [0, 0.05) is 37.8 Å². The van der Waals surface area contributed by atoms with E-state index in [9.17, 15) is 4.79 Å². The number of para-hydroxylation sites is 1. The largest absolute Gasteiger partial charge is 0.462 e. The minimum atomic E-state index is -0.256. The predicted molar refractivity (Wildman–Crippen MR) is 105 cm³/mol. The van der Waals surface area contributed by atoms with Crippen molar-refractivity contribution >= 4 is 16.9 Å². The standard InChI is InChI=1S/C22H24N2O2/c1-18(25)26-14-8-7-13-24(16-19-9-3-2-4-10-19)17-21-15-20-11-5-6-12-22(20)23-21/h2-12,15,23H,13-14,16-17H2,1H3/b8-7+. The van der Waals surface area contributed by atoms with E-state index in [2.05, 4.69) is 64.5 Å². The SMILES string of the molecule is CC(=O)OC/C=C/CN(Cc1ccccc1)Cc1cc2ccccc2[nH]1. The van der Waals surface area contributed by atoms with Gasteiger partial charge in [0.1, 0.15) is 6.61 Å². The lowest BCUT2D eigenvalue weighted by Gasteiger charge is -2.20. The normalized spacial score (nSPS) is 11.5. The second kappa shape index (κ2) is 9.02. The molecule has 0 atom stereocenters. The van der Waals surface area contributed by atoms with E-state index in [0.717, 1.165) is 25.2 Å². The Morgan fingerprint density at radius 2 is 1.81 bits per heavy atom. The molecule has 0 spiro atoms. The van der Waals surface area contributed by atoms with E-state index >= 15 is 0 Å². The third-order valence-electron chi connectivity index (χ3n) is 4.14. The molecule has 2 aromatic carbocycles. The van der Waals surface area contributed by atoms with Crippen molar-refractivity contribution in [3.63, 3.8) is 0 Å². The van der Waals surface area contributed by atoms with Gasteiger partial charge in [0.2, 0.25) is 0 Å². The van der Waals surface area contributed by atoms with Gasteiger partial charge >= 0.3 is 5.97 Å². The Morgan fingerprint density at radius 3 is 2.58 bits per heavy atom. The molecule has 0 unspecified atom stereocenters. The van der Waals surface area contributed by atoms with Crippen LogP contribution in [-0.2, 0) is 22.6 Å². The highest BCUT2D eigenvalue weighted by Crippen LogP contribution is 2.17. The molecule has 26 heavy (non-hydrogen) atoms. The van der Waals surface area contributed by atoms with Crippen molar-refractivity contribution in [1.82, 2.24) is 9.88 Å². The summed E-state index contributed by atoms with van der Waals surface area (Å²) < 4.78 is 4.95. The average molecular weight is 348 g/mol. The predicted octanol–water partition coefficient (Wildman–Crippen LogP) is 4.29. The fourth-order valence-corrected chi connectivity index (χ4v) is 2.94. The Balaban J connectivity index is 1.68. The number of esters is 1. The minimum absolute atomic E-state index is 0.256. The third-order valence-corrected chi connectivity index (χ3v) is 4.14. The molecule has 0 saturated heterocycles. The number of aromatic nitrogens is 1. The van der Waals surface area contributed by atoms with Crippen molar-refractivity contribution in [2.75, 3.05) is 13.2 Å². The van der Waals surface area contributed by atoms with Gasteiger partial charge in [0.05, 0.1) is 0 Å². The Morgan fingerprint density at radius 1 is 1.04 bits per heavy atom. The van der Waals surface area contributed by atoms with Gasteiger partial charge in [0.15, 0.2) is 0 Å². The van der Waals surface area contributed by atoms with Crippen molar-refractivity contribution in [3.8, 4) is 0 Å². The number of hydrogen-bond donors (Lipinski definition) is 1. The van der Waals surface area contributed by atoms with Crippen LogP contribution in [0.1, 0.15) is 18.2 Å². The fourth-order valence-electron chi connectivity index (χ4n) is 2.94. The molecule has 3 rings (SSSR count). The van der Waals surface area contributed by atoms with Crippen LogP contribution in [-0.4, -0.2) is 29.0 Å². The minimum Gasteiger partial charge on any atom is -0.462 e. The molecule has 0 bridgehead atoms. The summed E-state index contributed by atoms with van der Waals surface area (Å²) in [5.74, 6) is -0.256. The van der Waals surface area contributed by atoms with Crippen molar-refractivity contribution in [2.24, 2.45) is 0 Å². The summed E-state index contributed by atoms with van der Waals surface area (Å²) in [5.41, 5.74) is 3.63. The van der Waals surface area contributed by atoms with Gasteiger partial charge in [-0.3, -0.25) is 9.69 Å². The molecule has 0 amide bonds. The number of fused-ring (bicyclic) bond motifs is 1. The number of hydrogen-bond acceptors (Lipinski definition) is 3. The van der Waals surface area contributed by atoms with Crippen LogP contribution in [0.5, 0.6) is 0 Å². The molecule has 1 N–H and O–H groups in total. The number of rotatable bonds is 8. The highest BCUT2D eigenvalue weighted by Gasteiger charge is 2.08. The summed E-state index contributed by atoms with van der Waals surface area (Å²) in [5, 5.41) is 1.23. The Hall–Kier alpha value is -2.85. The number of carbonyl (C=O) groups is 1. The fraction of sp³-hybridized carbons (Fsp3) is 0.227. The van der Waals surface area contributed by atoms with E-state index in [1.165, 1.54) is 23.6 Å². The smallest absolute Gasteiger partial charge is 0.302 e. The number of H-pyrrole nitrogens is 1. The molecule has 0 aliphatic carbocycles. The molecule has 0 aliphatic rings. The van der Waals surface area contributed by atoms with Crippen LogP contribution < -0.4 is 0 Å². The van der Waals surface area contributed by atoms with Crippen molar-refractivity contribution in [2.45, 2.75) is 20.0 Å². The van der Waals surface area contributed by atoms with Crippen LogP contribution in [0.2, 0.25) is 0 Å². The molecule has 3 aromatic rings. The second-order valence-corrected chi connectivity index (χ2v) is 6.31. The average Bonchev–Trinajstić information content (AvgIpc) is 3.04. The Labute approximate surface area is 154 Å². The lowest BCUT2D eigenvalue weighted by Crippen LogP contribution is -2.23. The van der Waals surface area contributed by atoms with Crippen LogP contribution in [0, 0.1) is 0 Å². The van der Waals surface area contributed by atoms with Crippen molar-refractivity contribution < 1.29 is 9.53 Å². The molecular formula is C22H24N2O2. The zero-order chi connectivity index (χ0) is 18.2. The number of nitrogens with zero attached hydrogens (tertiary/aromatic N) is 1. The molecular weight excluding hydrogens is 324 g/mol. The lowest BCUT2D eigenvalue weighted by molar-refractivity contribution is -0.139. The number of aromatic amines is 1. The molecule has 0 fully saturated rings. The summed E-state index contributed by atoms with van der Waals surface area (Å²) in [6.45, 7) is 4.20. The quantitative estimate of drug-likeness (QED) is 0.488. The van der Waals surface area contributed by atoms with Gasteiger partial charge in [0.25, 0.3) is 0 Å². The number of nitrogens with one attached hydrogen (secondary N) is 1. The Kier molecular flexibility index (Phi) is 6.23. The third kappa shape index (κ3) is 5.33. The Bertz CT molecular complexity index is 835. The first-order valence-corrected chi connectivity index (χ1v) is 8.82. The maximum atomic E-state index is 10.8. The first kappa shape index (κ1) is 18.0. The van der Waals surface area contributed by atoms with E-state index in [1.54, 1.807) is 0 Å². The molecule has 4 heteroatoms.